The monoisotopic (exact) mass is 333 g/mol. The molecule has 1 aliphatic rings. The van der Waals surface area contributed by atoms with E-state index in [4.69, 9.17) is 4.74 Å². The van der Waals surface area contributed by atoms with E-state index in [0.717, 1.165) is 29.1 Å². The third kappa shape index (κ3) is 3.95. The van der Waals surface area contributed by atoms with E-state index in [1.165, 1.54) is 17.5 Å². The standard InChI is InChI=1S/C12H14F3N5OS/c13-12(14,15)7-20-4-3-8(19-20)6-16-11-18-17-10(22-11)9-2-1-5-21-9/h3-4,9H,1-2,5-7H2,(H,16,18). The maximum atomic E-state index is 12.2. The summed E-state index contributed by atoms with van der Waals surface area (Å²) in [5.74, 6) is 0. The van der Waals surface area contributed by atoms with E-state index in [2.05, 4.69) is 20.6 Å². The molecule has 1 unspecified atom stereocenters. The number of ether oxygens (including phenoxy) is 1. The lowest BCUT2D eigenvalue weighted by molar-refractivity contribution is -0.142. The summed E-state index contributed by atoms with van der Waals surface area (Å²) in [5, 5.41) is 16.4. The molecule has 0 radical (unpaired) electrons. The molecular formula is C12H14F3N5OS. The van der Waals surface area contributed by atoms with E-state index in [9.17, 15) is 13.2 Å². The predicted octanol–water partition coefficient (Wildman–Crippen LogP) is 2.76. The van der Waals surface area contributed by atoms with Gasteiger partial charge in [-0.05, 0) is 18.9 Å². The number of anilines is 1. The lowest BCUT2D eigenvalue weighted by Gasteiger charge is -2.05. The van der Waals surface area contributed by atoms with Crippen LogP contribution in [0.1, 0.15) is 29.6 Å². The summed E-state index contributed by atoms with van der Waals surface area (Å²) in [6, 6.07) is 1.54. The van der Waals surface area contributed by atoms with Crippen molar-refractivity contribution in [3.63, 3.8) is 0 Å². The van der Waals surface area contributed by atoms with E-state index in [1.807, 2.05) is 0 Å². The fraction of sp³-hybridized carbons (Fsp3) is 0.583. The van der Waals surface area contributed by atoms with Crippen LogP contribution in [0.4, 0.5) is 18.3 Å². The Balaban J connectivity index is 1.54. The first-order valence-electron chi connectivity index (χ1n) is 6.77. The van der Waals surface area contributed by atoms with Gasteiger partial charge in [0.2, 0.25) is 5.13 Å². The molecule has 1 aliphatic heterocycles. The molecular weight excluding hydrogens is 319 g/mol. The fourth-order valence-electron chi connectivity index (χ4n) is 2.14. The maximum absolute atomic E-state index is 12.2. The molecule has 0 saturated carbocycles. The largest absolute Gasteiger partial charge is 0.408 e. The van der Waals surface area contributed by atoms with Crippen LogP contribution in [0.2, 0.25) is 0 Å². The number of nitrogens with zero attached hydrogens (tertiary/aromatic N) is 4. The van der Waals surface area contributed by atoms with E-state index >= 15 is 0 Å². The molecule has 0 spiro atoms. The summed E-state index contributed by atoms with van der Waals surface area (Å²) in [6.45, 7) is -0.0519. The molecule has 22 heavy (non-hydrogen) atoms. The lowest BCUT2D eigenvalue weighted by atomic mass is 10.2. The zero-order chi connectivity index (χ0) is 15.6. The molecule has 120 valence electrons. The van der Waals surface area contributed by atoms with Crippen molar-refractivity contribution in [3.05, 3.63) is 23.0 Å². The minimum atomic E-state index is -4.27. The van der Waals surface area contributed by atoms with Crippen LogP contribution in [0.3, 0.4) is 0 Å². The summed E-state index contributed by atoms with van der Waals surface area (Å²) in [6.07, 6.45) is -0.992. The van der Waals surface area contributed by atoms with Crippen LogP contribution in [-0.4, -0.2) is 32.8 Å². The number of nitrogens with one attached hydrogen (secondary N) is 1. The van der Waals surface area contributed by atoms with Gasteiger partial charge in [0.05, 0.1) is 12.2 Å². The van der Waals surface area contributed by atoms with Gasteiger partial charge < -0.3 is 10.1 Å². The average Bonchev–Trinajstić information content (AvgIpc) is 3.16. The van der Waals surface area contributed by atoms with Crippen molar-refractivity contribution in [2.75, 3.05) is 11.9 Å². The Morgan fingerprint density at radius 2 is 2.27 bits per heavy atom. The lowest BCUT2D eigenvalue weighted by Crippen LogP contribution is -2.18. The molecule has 1 N–H and O–H groups in total. The number of halogens is 3. The highest BCUT2D eigenvalue weighted by atomic mass is 32.1. The number of rotatable bonds is 5. The Hall–Kier alpha value is -1.68. The normalized spacial score (nSPS) is 18.8. The Bertz CT molecular complexity index is 620. The van der Waals surface area contributed by atoms with Crippen LogP contribution in [0.25, 0.3) is 0 Å². The number of alkyl halides is 3. The number of hydrogen-bond donors (Lipinski definition) is 1. The van der Waals surface area contributed by atoms with Gasteiger partial charge in [0, 0.05) is 12.8 Å². The molecule has 1 fully saturated rings. The van der Waals surface area contributed by atoms with E-state index in [1.54, 1.807) is 6.07 Å². The minimum absolute atomic E-state index is 0.0130. The van der Waals surface area contributed by atoms with Gasteiger partial charge in [-0.15, -0.1) is 10.2 Å². The first-order valence-corrected chi connectivity index (χ1v) is 7.59. The van der Waals surface area contributed by atoms with Crippen molar-refractivity contribution in [1.29, 1.82) is 0 Å². The van der Waals surface area contributed by atoms with Crippen LogP contribution in [0, 0.1) is 0 Å². The second-order valence-electron chi connectivity index (χ2n) is 4.92. The molecule has 2 aromatic rings. The first-order chi connectivity index (χ1) is 10.5. The number of hydrogen-bond acceptors (Lipinski definition) is 6. The molecule has 0 amide bonds. The SMILES string of the molecule is FC(F)(F)Cn1ccc(CNc2nnc(C3CCCO3)s2)n1. The van der Waals surface area contributed by atoms with Crippen molar-refractivity contribution in [1.82, 2.24) is 20.0 Å². The van der Waals surface area contributed by atoms with Gasteiger partial charge in [-0.1, -0.05) is 11.3 Å². The second kappa shape index (κ2) is 6.21. The average molecular weight is 333 g/mol. The summed E-state index contributed by atoms with van der Waals surface area (Å²) in [5.41, 5.74) is 0.512. The van der Waals surface area contributed by atoms with Crippen LogP contribution < -0.4 is 5.32 Å². The third-order valence-corrected chi connectivity index (χ3v) is 4.08. The smallest absolute Gasteiger partial charge is 0.371 e. The highest BCUT2D eigenvalue weighted by molar-refractivity contribution is 7.15. The van der Waals surface area contributed by atoms with Gasteiger partial charge >= 0.3 is 6.18 Å². The Morgan fingerprint density at radius 1 is 1.41 bits per heavy atom. The molecule has 0 bridgehead atoms. The summed E-state index contributed by atoms with van der Waals surface area (Å²) < 4.78 is 43.1. The highest BCUT2D eigenvalue weighted by Gasteiger charge is 2.28. The number of aromatic nitrogens is 4. The summed E-state index contributed by atoms with van der Waals surface area (Å²) >= 11 is 1.39. The van der Waals surface area contributed by atoms with Gasteiger partial charge in [0.25, 0.3) is 0 Å². The van der Waals surface area contributed by atoms with Crippen LogP contribution in [0.5, 0.6) is 0 Å². The third-order valence-electron chi connectivity index (χ3n) is 3.10. The molecule has 3 rings (SSSR count). The zero-order valence-electron chi connectivity index (χ0n) is 11.5. The van der Waals surface area contributed by atoms with Crippen LogP contribution in [-0.2, 0) is 17.8 Å². The summed E-state index contributed by atoms with van der Waals surface area (Å²) in [7, 11) is 0. The van der Waals surface area contributed by atoms with E-state index in [-0.39, 0.29) is 6.10 Å². The minimum Gasteiger partial charge on any atom is -0.371 e. The van der Waals surface area contributed by atoms with Gasteiger partial charge in [0.1, 0.15) is 17.7 Å². The van der Waals surface area contributed by atoms with Gasteiger partial charge in [-0.2, -0.15) is 18.3 Å². The van der Waals surface area contributed by atoms with Crippen molar-refractivity contribution in [2.24, 2.45) is 0 Å². The van der Waals surface area contributed by atoms with Gasteiger partial charge in [-0.25, -0.2) is 0 Å². The zero-order valence-corrected chi connectivity index (χ0v) is 12.3. The van der Waals surface area contributed by atoms with Crippen molar-refractivity contribution in [2.45, 2.75) is 38.2 Å². The van der Waals surface area contributed by atoms with Crippen LogP contribution >= 0.6 is 11.3 Å². The molecule has 1 saturated heterocycles. The Labute approximate surface area is 128 Å². The van der Waals surface area contributed by atoms with Crippen LogP contribution in [0.15, 0.2) is 12.3 Å². The predicted molar refractivity (Wildman–Crippen MR) is 73.4 cm³/mol. The molecule has 0 aliphatic carbocycles. The van der Waals surface area contributed by atoms with E-state index in [0.29, 0.717) is 17.4 Å². The van der Waals surface area contributed by atoms with Crippen molar-refractivity contribution < 1.29 is 17.9 Å². The van der Waals surface area contributed by atoms with Crippen molar-refractivity contribution >= 4 is 16.5 Å². The quantitative estimate of drug-likeness (QED) is 0.911. The topological polar surface area (TPSA) is 64.9 Å². The molecule has 2 aromatic heterocycles. The van der Waals surface area contributed by atoms with Crippen molar-refractivity contribution in [3.8, 4) is 0 Å². The molecule has 3 heterocycles. The second-order valence-corrected chi connectivity index (χ2v) is 5.93. The maximum Gasteiger partial charge on any atom is 0.408 e. The first kappa shape index (κ1) is 15.2. The fourth-order valence-corrected chi connectivity index (χ4v) is 2.97. The van der Waals surface area contributed by atoms with Gasteiger partial charge in [-0.3, -0.25) is 4.68 Å². The van der Waals surface area contributed by atoms with Gasteiger partial charge in [0.15, 0.2) is 0 Å². The molecule has 6 nitrogen and oxygen atoms in total. The Morgan fingerprint density at radius 3 is 3.00 bits per heavy atom. The summed E-state index contributed by atoms with van der Waals surface area (Å²) in [4.78, 5) is 0. The molecule has 1 atom stereocenters. The highest BCUT2D eigenvalue weighted by Crippen LogP contribution is 2.31. The molecule has 10 heteroatoms. The van der Waals surface area contributed by atoms with E-state index < -0.39 is 12.7 Å². The molecule has 0 aromatic carbocycles. The Kier molecular flexibility index (Phi) is 4.30.